The van der Waals surface area contributed by atoms with Crippen molar-refractivity contribution in [3.05, 3.63) is 0 Å². The predicted octanol–water partition coefficient (Wildman–Crippen LogP) is 3.75. The van der Waals surface area contributed by atoms with Crippen LogP contribution in [-0.4, -0.2) is 23.2 Å². The largest absolute Gasteiger partial charge is 0.388 e. The van der Waals surface area contributed by atoms with Gasteiger partial charge in [-0.2, -0.15) is 0 Å². The molecule has 0 spiro atoms. The van der Waals surface area contributed by atoms with Gasteiger partial charge in [0.15, 0.2) is 0 Å². The first-order valence-corrected chi connectivity index (χ1v) is 8.51. The highest BCUT2D eigenvalue weighted by molar-refractivity contribution is 5.78. The lowest BCUT2D eigenvalue weighted by atomic mass is 9.69. The van der Waals surface area contributed by atoms with E-state index in [1.165, 1.54) is 0 Å². The summed E-state index contributed by atoms with van der Waals surface area (Å²) < 4.78 is 0. The molecule has 1 unspecified atom stereocenters. The highest BCUT2D eigenvalue weighted by Gasteiger charge is 2.33. The van der Waals surface area contributed by atoms with Crippen LogP contribution in [0.5, 0.6) is 0 Å². The third kappa shape index (κ3) is 6.37. The van der Waals surface area contributed by atoms with Gasteiger partial charge in [-0.05, 0) is 56.3 Å². The van der Waals surface area contributed by atoms with Crippen LogP contribution in [0.2, 0.25) is 0 Å². The van der Waals surface area contributed by atoms with Gasteiger partial charge in [0, 0.05) is 12.5 Å². The molecule has 0 bridgehead atoms. The van der Waals surface area contributed by atoms with Crippen LogP contribution in [0.3, 0.4) is 0 Å². The lowest BCUT2D eigenvalue weighted by Crippen LogP contribution is -2.44. The Labute approximate surface area is 130 Å². The summed E-state index contributed by atoms with van der Waals surface area (Å²) >= 11 is 0. The molecule has 1 fully saturated rings. The van der Waals surface area contributed by atoms with Crippen LogP contribution in [-0.2, 0) is 4.79 Å². The van der Waals surface area contributed by atoms with E-state index in [0.29, 0.717) is 24.3 Å². The smallest absolute Gasteiger partial charge is 0.223 e. The molecule has 0 saturated heterocycles. The molecular formula is C18H35NO2. The number of amides is 1. The van der Waals surface area contributed by atoms with E-state index < -0.39 is 5.60 Å². The van der Waals surface area contributed by atoms with Crippen molar-refractivity contribution in [2.75, 3.05) is 6.54 Å². The molecule has 1 aliphatic carbocycles. The van der Waals surface area contributed by atoms with E-state index in [1.54, 1.807) is 0 Å². The fraction of sp³-hybridized carbons (Fsp3) is 0.944. The molecular weight excluding hydrogens is 262 g/mol. The maximum atomic E-state index is 12.3. The molecule has 0 aromatic heterocycles. The zero-order valence-electron chi connectivity index (χ0n) is 14.8. The van der Waals surface area contributed by atoms with Gasteiger partial charge in [0.2, 0.25) is 5.91 Å². The monoisotopic (exact) mass is 297 g/mol. The number of carbonyl (C=O) groups excluding carboxylic acids is 1. The normalized spacial score (nSPS) is 26.5. The predicted molar refractivity (Wildman–Crippen MR) is 88.0 cm³/mol. The minimum absolute atomic E-state index is 0.131. The summed E-state index contributed by atoms with van der Waals surface area (Å²) in [4.78, 5) is 12.3. The fourth-order valence-corrected chi connectivity index (χ4v) is 3.60. The van der Waals surface area contributed by atoms with Crippen LogP contribution in [0, 0.1) is 23.2 Å². The Hall–Kier alpha value is -0.570. The molecule has 0 aromatic carbocycles. The standard InChI is InChI=1S/C18H35NO2/c1-13(2)11-18(6,21)12-19-16(20)14-7-9-15(10-8-14)17(3,4)5/h13-15,21H,7-12H2,1-6H3,(H,19,20). The van der Waals surface area contributed by atoms with Crippen LogP contribution in [0.15, 0.2) is 0 Å². The number of hydrogen-bond donors (Lipinski definition) is 2. The van der Waals surface area contributed by atoms with Crippen LogP contribution in [0.25, 0.3) is 0 Å². The van der Waals surface area contributed by atoms with Gasteiger partial charge >= 0.3 is 0 Å². The summed E-state index contributed by atoms with van der Waals surface area (Å²) in [6, 6.07) is 0. The van der Waals surface area contributed by atoms with Crippen LogP contribution >= 0.6 is 0 Å². The van der Waals surface area contributed by atoms with Gasteiger partial charge in [0.1, 0.15) is 0 Å². The molecule has 2 N–H and O–H groups in total. The first-order chi connectivity index (χ1) is 9.51. The molecule has 21 heavy (non-hydrogen) atoms. The highest BCUT2D eigenvalue weighted by Crippen LogP contribution is 2.39. The summed E-state index contributed by atoms with van der Waals surface area (Å²) in [5.41, 5.74) is -0.450. The summed E-state index contributed by atoms with van der Waals surface area (Å²) in [5.74, 6) is 1.43. The summed E-state index contributed by atoms with van der Waals surface area (Å²) in [6.07, 6.45) is 4.97. The van der Waals surface area contributed by atoms with Gasteiger partial charge in [-0.1, -0.05) is 34.6 Å². The van der Waals surface area contributed by atoms with Gasteiger partial charge in [0.25, 0.3) is 0 Å². The van der Waals surface area contributed by atoms with E-state index >= 15 is 0 Å². The second-order valence-corrected chi connectivity index (χ2v) is 8.73. The van der Waals surface area contributed by atoms with Gasteiger partial charge in [0.05, 0.1) is 5.60 Å². The maximum absolute atomic E-state index is 12.3. The molecule has 124 valence electrons. The topological polar surface area (TPSA) is 49.3 Å². The van der Waals surface area contributed by atoms with E-state index in [4.69, 9.17) is 0 Å². The van der Waals surface area contributed by atoms with E-state index in [0.717, 1.165) is 31.6 Å². The Balaban J connectivity index is 2.38. The Morgan fingerprint density at radius 1 is 1.14 bits per heavy atom. The number of nitrogens with one attached hydrogen (secondary N) is 1. The SMILES string of the molecule is CC(C)CC(C)(O)CNC(=O)C1CCC(C(C)(C)C)CC1. The fourth-order valence-electron chi connectivity index (χ4n) is 3.60. The molecule has 3 nitrogen and oxygen atoms in total. The van der Waals surface area contributed by atoms with Crippen molar-refractivity contribution in [2.24, 2.45) is 23.2 Å². The van der Waals surface area contributed by atoms with Crippen molar-refractivity contribution >= 4 is 5.91 Å². The zero-order valence-corrected chi connectivity index (χ0v) is 14.8. The van der Waals surface area contributed by atoms with Gasteiger partial charge in [-0.15, -0.1) is 0 Å². The average Bonchev–Trinajstić information content (AvgIpc) is 2.33. The molecule has 0 radical (unpaired) electrons. The van der Waals surface area contributed by atoms with Crippen LogP contribution in [0.4, 0.5) is 0 Å². The lowest BCUT2D eigenvalue weighted by molar-refractivity contribution is -0.127. The van der Waals surface area contributed by atoms with Crippen LogP contribution < -0.4 is 5.32 Å². The number of hydrogen-bond acceptors (Lipinski definition) is 2. The number of rotatable bonds is 5. The second kappa shape index (κ2) is 7.13. The van der Waals surface area contributed by atoms with Crippen molar-refractivity contribution in [1.29, 1.82) is 0 Å². The number of aliphatic hydroxyl groups is 1. The molecule has 0 heterocycles. The van der Waals surface area contributed by atoms with Crippen molar-refractivity contribution in [3.8, 4) is 0 Å². The second-order valence-electron chi connectivity index (χ2n) is 8.73. The van der Waals surface area contributed by atoms with Crippen LogP contribution in [0.1, 0.15) is 73.6 Å². The highest BCUT2D eigenvalue weighted by atomic mass is 16.3. The molecule has 1 amide bonds. The molecule has 3 heteroatoms. The van der Waals surface area contributed by atoms with E-state index in [9.17, 15) is 9.90 Å². The Bertz CT molecular complexity index is 334. The van der Waals surface area contributed by atoms with E-state index in [1.807, 2.05) is 6.92 Å². The minimum atomic E-state index is -0.799. The number of carbonyl (C=O) groups is 1. The van der Waals surface area contributed by atoms with Gasteiger partial charge in [-0.3, -0.25) is 4.79 Å². The maximum Gasteiger partial charge on any atom is 0.223 e. The van der Waals surface area contributed by atoms with Crippen molar-refractivity contribution in [3.63, 3.8) is 0 Å². The molecule has 0 aliphatic heterocycles. The molecule has 1 aliphatic rings. The van der Waals surface area contributed by atoms with Gasteiger partial charge < -0.3 is 10.4 Å². The van der Waals surface area contributed by atoms with Crippen molar-refractivity contribution in [2.45, 2.75) is 79.2 Å². The Kier molecular flexibility index (Phi) is 6.27. The van der Waals surface area contributed by atoms with Crippen molar-refractivity contribution < 1.29 is 9.90 Å². The quantitative estimate of drug-likeness (QED) is 0.812. The third-order valence-corrected chi connectivity index (χ3v) is 4.81. The summed E-state index contributed by atoms with van der Waals surface area (Å²) in [5, 5.41) is 13.2. The molecule has 1 saturated carbocycles. The average molecular weight is 297 g/mol. The molecule has 1 atom stereocenters. The Morgan fingerprint density at radius 3 is 2.10 bits per heavy atom. The summed E-state index contributed by atoms with van der Waals surface area (Å²) in [6.45, 7) is 13.2. The molecule has 0 aromatic rings. The lowest BCUT2D eigenvalue weighted by Gasteiger charge is -2.36. The summed E-state index contributed by atoms with van der Waals surface area (Å²) in [7, 11) is 0. The molecule has 1 rings (SSSR count). The zero-order chi connectivity index (χ0) is 16.3. The first kappa shape index (κ1) is 18.5. The third-order valence-electron chi connectivity index (χ3n) is 4.81. The van der Waals surface area contributed by atoms with Crippen molar-refractivity contribution in [1.82, 2.24) is 5.32 Å². The van der Waals surface area contributed by atoms with E-state index in [2.05, 4.69) is 39.9 Å². The Morgan fingerprint density at radius 2 is 1.67 bits per heavy atom. The first-order valence-electron chi connectivity index (χ1n) is 8.51. The van der Waals surface area contributed by atoms with E-state index in [-0.39, 0.29) is 11.8 Å². The minimum Gasteiger partial charge on any atom is -0.388 e. The van der Waals surface area contributed by atoms with Gasteiger partial charge in [-0.25, -0.2) is 0 Å².